The lowest BCUT2D eigenvalue weighted by molar-refractivity contribution is -0.145. The molecular weight excluding hydrogens is 566 g/mol. The Bertz CT molecular complexity index is 1280. The van der Waals surface area contributed by atoms with Crippen molar-refractivity contribution in [2.45, 2.75) is 44.9 Å². The molecule has 178 valence electrons. The van der Waals surface area contributed by atoms with E-state index < -0.39 is 5.97 Å². The molecule has 1 aliphatic carbocycles. The van der Waals surface area contributed by atoms with E-state index in [1.54, 1.807) is 25.3 Å². The van der Waals surface area contributed by atoms with Crippen LogP contribution >= 0.6 is 31.9 Å². The van der Waals surface area contributed by atoms with E-state index in [0.29, 0.717) is 28.0 Å². The highest BCUT2D eigenvalue weighted by Gasteiger charge is 2.22. The van der Waals surface area contributed by atoms with E-state index in [1.165, 1.54) is 11.1 Å². The zero-order chi connectivity index (χ0) is 24.1. The molecular formula is C25H25Br2N3O4. The van der Waals surface area contributed by atoms with Crippen LogP contribution in [0, 0.1) is 0 Å². The Morgan fingerprint density at radius 2 is 1.88 bits per heavy atom. The number of hydrogen-bond acceptors (Lipinski definition) is 6. The van der Waals surface area contributed by atoms with Crippen molar-refractivity contribution in [1.29, 1.82) is 0 Å². The molecule has 1 heterocycles. The van der Waals surface area contributed by atoms with E-state index in [9.17, 15) is 9.59 Å². The normalized spacial score (nSPS) is 14.6. The second kappa shape index (κ2) is 11.3. The molecule has 34 heavy (non-hydrogen) atoms. The molecule has 0 atom stereocenters. The molecule has 0 bridgehead atoms. The predicted octanol–water partition coefficient (Wildman–Crippen LogP) is 5.79. The molecule has 7 nitrogen and oxygen atoms in total. The fraction of sp³-hybridized carbons (Fsp3) is 0.360. The summed E-state index contributed by atoms with van der Waals surface area (Å²) in [5.41, 5.74) is 1.07. The minimum atomic E-state index is -0.451. The number of halogens is 2. The number of nitrogens with zero attached hydrogens (tertiary/aromatic N) is 3. The molecule has 0 spiro atoms. The van der Waals surface area contributed by atoms with Crippen LogP contribution in [-0.2, 0) is 9.53 Å². The van der Waals surface area contributed by atoms with Gasteiger partial charge in [0, 0.05) is 20.4 Å². The maximum atomic E-state index is 13.5. The standard InChI is InChI=1S/C25H25Br2N3O4/c1-2-33-23(31)15-34-22-11-9-18(26)12-17(22)14-28-30-24(16-6-4-3-5-7-16)29-21-10-8-19(27)13-20(21)25(30)32/h8-14,16H,2-7,15H2,1H3. The van der Waals surface area contributed by atoms with Gasteiger partial charge in [-0.1, -0.05) is 51.1 Å². The van der Waals surface area contributed by atoms with Gasteiger partial charge in [0.2, 0.25) is 0 Å². The minimum absolute atomic E-state index is 0.175. The van der Waals surface area contributed by atoms with Crippen molar-refractivity contribution in [3.05, 3.63) is 67.1 Å². The number of carbonyl (C=O) groups is 1. The molecule has 0 unspecified atom stereocenters. The number of hydrogen-bond donors (Lipinski definition) is 0. The Morgan fingerprint density at radius 3 is 2.65 bits per heavy atom. The Labute approximate surface area is 214 Å². The average Bonchev–Trinajstić information content (AvgIpc) is 2.84. The van der Waals surface area contributed by atoms with Crippen LogP contribution in [0.2, 0.25) is 0 Å². The molecule has 0 radical (unpaired) electrons. The molecule has 0 saturated heterocycles. The summed E-state index contributed by atoms with van der Waals surface area (Å²) in [6.45, 7) is 1.82. The largest absolute Gasteiger partial charge is 0.481 e. The Kier molecular flexibility index (Phi) is 8.15. The van der Waals surface area contributed by atoms with Crippen molar-refractivity contribution < 1.29 is 14.3 Å². The Hall–Kier alpha value is -2.52. The van der Waals surface area contributed by atoms with Gasteiger partial charge in [0.05, 0.1) is 23.7 Å². The van der Waals surface area contributed by atoms with Gasteiger partial charge in [0.15, 0.2) is 6.61 Å². The second-order valence-electron chi connectivity index (χ2n) is 8.10. The first-order valence-corrected chi connectivity index (χ1v) is 12.9. The molecule has 1 fully saturated rings. The Balaban J connectivity index is 1.76. The van der Waals surface area contributed by atoms with Gasteiger partial charge in [-0.3, -0.25) is 4.79 Å². The van der Waals surface area contributed by atoms with Gasteiger partial charge in [-0.25, -0.2) is 9.78 Å². The van der Waals surface area contributed by atoms with Crippen LogP contribution in [0.25, 0.3) is 10.9 Å². The average molecular weight is 591 g/mol. The SMILES string of the molecule is CCOC(=O)COc1ccc(Br)cc1C=Nn1c(C2CCCCC2)nc2ccc(Br)cc2c1=O. The fourth-order valence-electron chi connectivity index (χ4n) is 4.11. The van der Waals surface area contributed by atoms with Gasteiger partial charge in [0.25, 0.3) is 5.56 Å². The van der Waals surface area contributed by atoms with Crippen molar-refractivity contribution in [2.24, 2.45) is 5.10 Å². The third-order valence-electron chi connectivity index (χ3n) is 5.74. The lowest BCUT2D eigenvalue weighted by Crippen LogP contribution is -2.25. The van der Waals surface area contributed by atoms with Crippen LogP contribution in [0.5, 0.6) is 5.75 Å². The van der Waals surface area contributed by atoms with E-state index in [0.717, 1.165) is 34.6 Å². The summed E-state index contributed by atoms with van der Waals surface area (Å²) in [6.07, 6.45) is 6.96. The predicted molar refractivity (Wildman–Crippen MR) is 139 cm³/mol. The number of fused-ring (bicyclic) bond motifs is 1. The Morgan fingerprint density at radius 1 is 1.15 bits per heavy atom. The van der Waals surface area contributed by atoms with Crippen LogP contribution in [0.3, 0.4) is 0 Å². The van der Waals surface area contributed by atoms with E-state index >= 15 is 0 Å². The smallest absolute Gasteiger partial charge is 0.344 e. The highest BCUT2D eigenvalue weighted by Crippen LogP contribution is 2.32. The van der Waals surface area contributed by atoms with Gasteiger partial charge in [-0.05, 0) is 56.2 Å². The molecule has 0 aliphatic heterocycles. The van der Waals surface area contributed by atoms with Crippen LogP contribution in [0.4, 0.5) is 0 Å². The number of rotatable bonds is 7. The first-order valence-electron chi connectivity index (χ1n) is 11.3. The third kappa shape index (κ3) is 5.75. The van der Waals surface area contributed by atoms with E-state index in [2.05, 4.69) is 37.0 Å². The first kappa shape index (κ1) is 24.6. The molecule has 4 rings (SSSR count). The maximum Gasteiger partial charge on any atom is 0.344 e. The number of aromatic nitrogens is 2. The summed E-state index contributed by atoms with van der Waals surface area (Å²) in [7, 11) is 0. The molecule has 2 aromatic carbocycles. The zero-order valence-corrected chi connectivity index (χ0v) is 22.0. The highest BCUT2D eigenvalue weighted by molar-refractivity contribution is 9.10. The van der Waals surface area contributed by atoms with Crippen molar-refractivity contribution in [2.75, 3.05) is 13.2 Å². The molecule has 1 aromatic heterocycles. The van der Waals surface area contributed by atoms with Crippen molar-refractivity contribution >= 4 is 54.9 Å². The summed E-state index contributed by atoms with van der Waals surface area (Å²) in [4.78, 5) is 30.1. The lowest BCUT2D eigenvalue weighted by atomic mass is 9.88. The number of carbonyl (C=O) groups excluding carboxylic acids is 1. The van der Waals surface area contributed by atoms with Gasteiger partial charge < -0.3 is 9.47 Å². The van der Waals surface area contributed by atoms with Crippen LogP contribution in [-0.4, -0.2) is 35.1 Å². The second-order valence-corrected chi connectivity index (χ2v) is 9.94. The van der Waals surface area contributed by atoms with Crippen LogP contribution in [0.15, 0.2) is 55.2 Å². The number of benzene rings is 2. The van der Waals surface area contributed by atoms with Gasteiger partial charge in [-0.15, -0.1) is 0 Å². The third-order valence-corrected chi connectivity index (χ3v) is 6.73. The fourth-order valence-corrected chi connectivity index (χ4v) is 4.85. The summed E-state index contributed by atoms with van der Waals surface area (Å²) in [5, 5.41) is 5.08. The molecule has 1 saturated carbocycles. The van der Waals surface area contributed by atoms with E-state index in [1.807, 2.05) is 24.3 Å². The summed E-state index contributed by atoms with van der Waals surface area (Å²) in [5.74, 6) is 0.866. The zero-order valence-electron chi connectivity index (χ0n) is 18.8. The van der Waals surface area contributed by atoms with Crippen molar-refractivity contribution in [1.82, 2.24) is 9.66 Å². The molecule has 0 amide bonds. The summed E-state index contributed by atoms with van der Waals surface area (Å²) >= 11 is 6.91. The quantitative estimate of drug-likeness (QED) is 0.257. The molecule has 1 aliphatic rings. The summed E-state index contributed by atoms with van der Waals surface area (Å²) < 4.78 is 13.6. The topological polar surface area (TPSA) is 82.8 Å². The molecule has 9 heteroatoms. The van der Waals surface area contributed by atoms with Crippen molar-refractivity contribution in [3.8, 4) is 5.75 Å². The lowest BCUT2D eigenvalue weighted by Gasteiger charge is -2.22. The monoisotopic (exact) mass is 589 g/mol. The van der Waals surface area contributed by atoms with Crippen LogP contribution < -0.4 is 10.3 Å². The van der Waals surface area contributed by atoms with E-state index in [-0.39, 0.29) is 24.7 Å². The van der Waals surface area contributed by atoms with Crippen molar-refractivity contribution in [3.63, 3.8) is 0 Å². The first-order chi connectivity index (χ1) is 16.5. The summed E-state index contributed by atoms with van der Waals surface area (Å²) in [6, 6.07) is 10.9. The minimum Gasteiger partial charge on any atom is -0.481 e. The maximum absolute atomic E-state index is 13.5. The highest BCUT2D eigenvalue weighted by atomic mass is 79.9. The number of esters is 1. The van der Waals surface area contributed by atoms with Gasteiger partial charge >= 0.3 is 5.97 Å². The molecule has 0 N–H and O–H groups in total. The number of ether oxygens (including phenoxy) is 2. The van der Waals surface area contributed by atoms with Gasteiger partial charge in [-0.2, -0.15) is 9.78 Å². The van der Waals surface area contributed by atoms with Gasteiger partial charge in [0.1, 0.15) is 11.6 Å². The van der Waals surface area contributed by atoms with Crippen LogP contribution in [0.1, 0.15) is 56.3 Å². The van der Waals surface area contributed by atoms with E-state index in [4.69, 9.17) is 14.5 Å². The molecule has 3 aromatic rings.